The van der Waals surface area contributed by atoms with Gasteiger partial charge < -0.3 is 4.18 Å². The summed E-state index contributed by atoms with van der Waals surface area (Å²) in [7, 11) is -3.00. The number of carbonyl (C=O) groups excluding carboxylic acids is 1. The van der Waals surface area contributed by atoms with Crippen LogP contribution in [-0.2, 0) is 20.0 Å². The van der Waals surface area contributed by atoms with Gasteiger partial charge in [0.1, 0.15) is 0 Å². The molecule has 0 bridgehead atoms. The molecule has 0 heterocycles. The molecule has 17 heavy (non-hydrogen) atoms. The van der Waals surface area contributed by atoms with Crippen molar-refractivity contribution in [2.24, 2.45) is 0 Å². The van der Waals surface area contributed by atoms with E-state index in [1.807, 2.05) is 24.3 Å². The minimum absolute atomic E-state index is 0.134. The molecule has 0 N–H and O–H groups in total. The largest absolute Gasteiger partial charge is 0.383 e. The van der Waals surface area contributed by atoms with Gasteiger partial charge in [0, 0.05) is 18.1 Å². The van der Waals surface area contributed by atoms with Crippen molar-refractivity contribution in [2.45, 2.75) is 6.42 Å². The predicted molar refractivity (Wildman–Crippen MR) is 62.4 cm³/mol. The van der Waals surface area contributed by atoms with E-state index in [9.17, 15) is 13.2 Å². The Morgan fingerprint density at radius 3 is 2.53 bits per heavy atom. The van der Waals surface area contributed by atoms with Crippen LogP contribution in [0.2, 0.25) is 0 Å². The molecule has 0 aromatic heterocycles. The number of hydrogen-bond acceptors (Lipinski definition) is 4. The SMILES string of the molecule is O=C1C=C(O[SH](=O)=O)C2=C(C1)c1ccccc12. The molecule has 0 atom stereocenters. The zero-order valence-electron chi connectivity index (χ0n) is 8.67. The highest BCUT2D eigenvalue weighted by molar-refractivity contribution is 7.67. The Labute approximate surface area is 99.4 Å². The van der Waals surface area contributed by atoms with Gasteiger partial charge in [0.05, 0.1) is 0 Å². The van der Waals surface area contributed by atoms with Crippen molar-refractivity contribution < 1.29 is 17.4 Å². The second-order valence-electron chi connectivity index (χ2n) is 3.87. The van der Waals surface area contributed by atoms with Gasteiger partial charge in [0.15, 0.2) is 11.5 Å². The van der Waals surface area contributed by atoms with Gasteiger partial charge in [0.25, 0.3) is 11.0 Å². The first-order chi connectivity index (χ1) is 8.16. The number of thiol groups is 1. The Bertz CT molecular complexity index is 657. The van der Waals surface area contributed by atoms with E-state index in [0.29, 0.717) is 6.42 Å². The van der Waals surface area contributed by atoms with E-state index in [4.69, 9.17) is 0 Å². The maximum absolute atomic E-state index is 11.5. The molecule has 0 unspecified atom stereocenters. The maximum atomic E-state index is 11.5. The van der Waals surface area contributed by atoms with E-state index in [2.05, 4.69) is 4.18 Å². The van der Waals surface area contributed by atoms with Gasteiger partial charge in [-0.1, -0.05) is 24.3 Å². The van der Waals surface area contributed by atoms with Gasteiger partial charge >= 0.3 is 0 Å². The fraction of sp³-hybridized carbons (Fsp3) is 0.0833. The molecule has 1 aromatic carbocycles. The third-order valence-electron chi connectivity index (χ3n) is 2.89. The highest BCUT2D eigenvalue weighted by Crippen LogP contribution is 2.48. The number of ketones is 1. The lowest BCUT2D eigenvalue weighted by atomic mass is 9.75. The molecule has 2 aliphatic carbocycles. The number of hydrogen-bond donors (Lipinski definition) is 1. The number of carbonyl (C=O) groups is 1. The molecular weight excluding hydrogens is 240 g/mol. The summed E-state index contributed by atoms with van der Waals surface area (Å²) in [5.41, 5.74) is 3.57. The minimum atomic E-state index is -3.00. The molecule has 0 radical (unpaired) electrons. The van der Waals surface area contributed by atoms with E-state index >= 15 is 0 Å². The molecule has 0 amide bonds. The third-order valence-corrected chi connectivity index (χ3v) is 3.23. The zero-order chi connectivity index (χ0) is 12.0. The normalized spacial score (nSPS) is 17.2. The Morgan fingerprint density at radius 1 is 1.12 bits per heavy atom. The van der Waals surface area contributed by atoms with Crippen LogP contribution in [0.15, 0.2) is 36.1 Å². The van der Waals surface area contributed by atoms with Crippen LogP contribution >= 0.6 is 0 Å². The second-order valence-corrected chi connectivity index (χ2v) is 4.50. The van der Waals surface area contributed by atoms with Crippen LogP contribution in [0.3, 0.4) is 0 Å². The average Bonchev–Trinajstić information content (AvgIpc) is 2.25. The summed E-state index contributed by atoms with van der Waals surface area (Å²) >= 11 is 0. The third kappa shape index (κ3) is 1.51. The Balaban J connectivity index is 2.10. The molecule has 3 rings (SSSR count). The smallest absolute Gasteiger partial charge is 0.299 e. The number of allylic oxidation sites excluding steroid dienone is 3. The van der Waals surface area contributed by atoms with E-state index in [0.717, 1.165) is 22.3 Å². The lowest BCUT2D eigenvalue weighted by Gasteiger charge is -2.30. The second kappa shape index (κ2) is 3.56. The van der Waals surface area contributed by atoms with Gasteiger partial charge in [-0.3, -0.25) is 4.79 Å². The van der Waals surface area contributed by atoms with Gasteiger partial charge in [-0.25, -0.2) is 0 Å². The number of benzene rings is 1. The van der Waals surface area contributed by atoms with Crippen LogP contribution in [0.4, 0.5) is 0 Å². The average molecular weight is 248 g/mol. The van der Waals surface area contributed by atoms with E-state index in [1.165, 1.54) is 6.08 Å². The van der Waals surface area contributed by atoms with Crippen molar-refractivity contribution in [3.8, 4) is 0 Å². The van der Waals surface area contributed by atoms with Crippen LogP contribution in [0.1, 0.15) is 17.5 Å². The lowest BCUT2D eigenvalue weighted by molar-refractivity contribution is -0.113. The van der Waals surface area contributed by atoms with Gasteiger partial charge in [-0.05, 0) is 16.7 Å². The molecule has 0 spiro atoms. The van der Waals surface area contributed by atoms with Crippen LogP contribution in [0.5, 0.6) is 0 Å². The molecular formula is C12H8O4S. The lowest BCUT2D eigenvalue weighted by Crippen LogP contribution is -2.17. The Hall–Kier alpha value is -1.88. The van der Waals surface area contributed by atoms with Gasteiger partial charge in [-0.2, -0.15) is 8.42 Å². The number of rotatable bonds is 2. The van der Waals surface area contributed by atoms with Crippen molar-refractivity contribution in [3.05, 3.63) is 47.2 Å². The van der Waals surface area contributed by atoms with Gasteiger partial charge in [-0.15, -0.1) is 0 Å². The fourth-order valence-corrected chi connectivity index (χ4v) is 2.56. The molecule has 0 aliphatic heterocycles. The quantitative estimate of drug-likeness (QED) is 0.802. The van der Waals surface area contributed by atoms with Gasteiger partial charge in [0.2, 0.25) is 0 Å². The number of fused-ring (bicyclic) bond motifs is 3. The van der Waals surface area contributed by atoms with Crippen molar-refractivity contribution in [3.63, 3.8) is 0 Å². The Morgan fingerprint density at radius 2 is 1.82 bits per heavy atom. The monoisotopic (exact) mass is 248 g/mol. The summed E-state index contributed by atoms with van der Waals surface area (Å²) in [6.45, 7) is 0. The van der Waals surface area contributed by atoms with Crippen LogP contribution < -0.4 is 0 Å². The summed E-state index contributed by atoms with van der Waals surface area (Å²) in [6, 6.07) is 7.56. The summed E-state index contributed by atoms with van der Waals surface area (Å²) < 4.78 is 25.9. The molecule has 0 fully saturated rings. The first kappa shape index (κ1) is 10.3. The van der Waals surface area contributed by atoms with Crippen molar-refractivity contribution >= 4 is 27.9 Å². The van der Waals surface area contributed by atoms with E-state index in [-0.39, 0.29) is 11.5 Å². The van der Waals surface area contributed by atoms with Crippen LogP contribution in [-0.4, -0.2) is 14.2 Å². The first-order valence-electron chi connectivity index (χ1n) is 5.07. The van der Waals surface area contributed by atoms with Crippen LogP contribution in [0.25, 0.3) is 11.1 Å². The topological polar surface area (TPSA) is 60.4 Å². The predicted octanol–water partition coefficient (Wildman–Crippen LogP) is 1.31. The van der Waals surface area contributed by atoms with Crippen LogP contribution in [0, 0.1) is 0 Å². The highest BCUT2D eigenvalue weighted by atomic mass is 32.2. The Kier molecular flexibility index (Phi) is 2.16. The van der Waals surface area contributed by atoms with Crippen molar-refractivity contribution in [1.82, 2.24) is 0 Å². The minimum Gasteiger partial charge on any atom is -0.383 e. The van der Waals surface area contributed by atoms with Crippen molar-refractivity contribution in [2.75, 3.05) is 0 Å². The molecule has 86 valence electrons. The molecule has 5 heteroatoms. The molecule has 1 aromatic rings. The summed E-state index contributed by atoms with van der Waals surface area (Å²) in [6.07, 6.45) is 1.56. The fourth-order valence-electron chi connectivity index (χ4n) is 2.26. The highest BCUT2D eigenvalue weighted by Gasteiger charge is 2.33. The standard InChI is InChI=1S/C12H8O4S/c13-7-5-10-8-3-1-2-4-9(8)12(10)11(6-7)16-17(14)15/h1-4,6,17H,5H2. The molecule has 0 saturated heterocycles. The van der Waals surface area contributed by atoms with Crippen molar-refractivity contribution in [1.29, 1.82) is 0 Å². The zero-order valence-corrected chi connectivity index (χ0v) is 9.57. The molecule has 2 aliphatic rings. The van der Waals surface area contributed by atoms with E-state index < -0.39 is 11.0 Å². The maximum Gasteiger partial charge on any atom is 0.299 e. The van der Waals surface area contributed by atoms with E-state index in [1.54, 1.807) is 0 Å². The molecule has 4 nitrogen and oxygen atoms in total. The molecule has 0 saturated carbocycles. The first-order valence-corrected chi connectivity index (χ1v) is 6.16. The summed E-state index contributed by atoms with van der Waals surface area (Å²) in [4.78, 5) is 11.5. The summed E-state index contributed by atoms with van der Waals surface area (Å²) in [5.74, 6) is 0.0103. The summed E-state index contributed by atoms with van der Waals surface area (Å²) in [5, 5.41) is 0.